The normalized spacial score (nSPS) is 21.7. The molecule has 1 aliphatic rings. The molecule has 2 N–H and O–H groups in total. The number of nitrogens with two attached hydrogens (primary N) is 1. The second-order valence-corrected chi connectivity index (χ2v) is 3.64. The zero-order valence-corrected chi connectivity index (χ0v) is 8.44. The lowest BCUT2D eigenvalue weighted by atomic mass is 10.0. The maximum Gasteiger partial charge on any atom is 0.0875 e. The summed E-state index contributed by atoms with van der Waals surface area (Å²) in [7, 11) is 1.93. The van der Waals surface area contributed by atoms with Crippen LogP contribution in [0.4, 0.5) is 0 Å². The Labute approximate surface area is 83.2 Å². The second-order valence-electron chi connectivity index (χ2n) is 3.64. The highest BCUT2D eigenvalue weighted by molar-refractivity contribution is 5.17. The van der Waals surface area contributed by atoms with Crippen LogP contribution < -0.4 is 5.73 Å². The molecule has 0 radical (unpaired) electrons. The van der Waals surface area contributed by atoms with Gasteiger partial charge in [0.25, 0.3) is 0 Å². The topological polar surface area (TPSA) is 66.0 Å². The summed E-state index contributed by atoms with van der Waals surface area (Å²) in [4.78, 5) is 0. The van der Waals surface area contributed by atoms with Gasteiger partial charge in [0.2, 0.25) is 0 Å². The van der Waals surface area contributed by atoms with Crippen molar-refractivity contribution in [2.45, 2.75) is 18.8 Å². The number of aromatic nitrogens is 3. The summed E-state index contributed by atoms with van der Waals surface area (Å²) in [6.07, 6.45) is 1.87. The van der Waals surface area contributed by atoms with Gasteiger partial charge in [0.05, 0.1) is 18.0 Å². The molecule has 14 heavy (non-hydrogen) atoms. The molecule has 0 aliphatic carbocycles. The molecule has 2 rings (SSSR count). The summed E-state index contributed by atoms with van der Waals surface area (Å²) in [6.45, 7) is 2.26. The van der Waals surface area contributed by atoms with E-state index in [2.05, 4.69) is 10.3 Å². The number of hydrogen-bond acceptors (Lipinski definition) is 4. The zero-order chi connectivity index (χ0) is 9.97. The number of nitrogens with zero attached hydrogens (tertiary/aromatic N) is 3. The predicted octanol–water partition coefficient (Wildman–Crippen LogP) is -0.180. The molecule has 0 spiro atoms. The Morgan fingerprint density at radius 2 is 2.50 bits per heavy atom. The van der Waals surface area contributed by atoms with E-state index in [9.17, 15) is 0 Å². The maximum atomic E-state index is 5.53. The standard InChI is InChI=1S/C9H16N4O/c1-13-9(7-3-5-14-6-7)8(2-4-10)11-12-13/h7H,2-6,10H2,1H3. The highest BCUT2D eigenvalue weighted by atomic mass is 16.5. The van der Waals surface area contributed by atoms with Crippen molar-refractivity contribution < 1.29 is 4.74 Å². The Hall–Kier alpha value is -0.940. The van der Waals surface area contributed by atoms with Gasteiger partial charge in [-0.1, -0.05) is 5.21 Å². The first-order valence-electron chi connectivity index (χ1n) is 4.99. The van der Waals surface area contributed by atoms with Gasteiger partial charge in [-0.2, -0.15) is 0 Å². The van der Waals surface area contributed by atoms with Crippen LogP contribution in [0.5, 0.6) is 0 Å². The number of hydrogen-bond donors (Lipinski definition) is 1. The van der Waals surface area contributed by atoms with Gasteiger partial charge in [-0.25, -0.2) is 0 Å². The van der Waals surface area contributed by atoms with Gasteiger partial charge < -0.3 is 10.5 Å². The Bertz CT molecular complexity index is 304. The number of rotatable bonds is 3. The van der Waals surface area contributed by atoms with Gasteiger partial charge >= 0.3 is 0 Å². The van der Waals surface area contributed by atoms with E-state index in [0.29, 0.717) is 12.5 Å². The van der Waals surface area contributed by atoms with Crippen molar-refractivity contribution in [3.05, 3.63) is 11.4 Å². The van der Waals surface area contributed by atoms with Crippen LogP contribution >= 0.6 is 0 Å². The second kappa shape index (κ2) is 4.06. The molecule has 1 fully saturated rings. The lowest BCUT2D eigenvalue weighted by molar-refractivity contribution is 0.193. The molecule has 1 aromatic heterocycles. The average molecular weight is 196 g/mol. The molecular weight excluding hydrogens is 180 g/mol. The fourth-order valence-corrected chi connectivity index (χ4v) is 1.97. The molecule has 1 saturated heterocycles. The van der Waals surface area contributed by atoms with Crippen molar-refractivity contribution >= 4 is 0 Å². The van der Waals surface area contributed by atoms with Crippen LogP contribution in [-0.4, -0.2) is 34.8 Å². The summed E-state index contributed by atoms with van der Waals surface area (Å²) < 4.78 is 7.22. The highest BCUT2D eigenvalue weighted by Gasteiger charge is 2.24. The smallest absolute Gasteiger partial charge is 0.0875 e. The summed E-state index contributed by atoms with van der Waals surface area (Å²) in [5.41, 5.74) is 7.76. The van der Waals surface area contributed by atoms with E-state index in [1.165, 1.54) is 5.69 Å². The molecule has 5 heteroatoms. The van der Waals surface area contributed by atoms with Crippen molar-refractivity contribution in [2.24, 2.45) is 12.8 Å². The van der Waals surface area contributed by atoms with E-state index in [1.54, 1.807) is 0 Å². The summed E-state index contributed by atoms with van der Waals surface area (Å²) >= 11 is 0. The number of ether oxygens (including phenoxy) is 1. The molecule has 0 bridgehead atoms. The third-order valence-electron chi connectivity index (χ3n) is 2.64. The van der Waals surface area contributed by atoms with E-state index >= 15 is 0 Å². The van der Waals surface area contributed by atoms with Crippen molar-refractivity contribution in [1.82, 2.24) is 15.0 Å². The van der Waals surface area contributed by atoms with Gasteiger partial charge in [0.15, 0.2) is 0 Å². The van der Waals surface area contributed by atoms with E-state index in [-0.39, 0.29) is 0 Å². The molecule has 0 aromatic carbocycles. The average Bonchev–Trinajstić information content (AvgIpc) is 2.76. The van der Waals surface area contributed by atoms with Crippen LogP contribution in [0.25, 0.3) is 0 Å². The Morgan fingerprint density at radius 3 is 3.14 bits per heavy atom. The third kappa shape index (κ3) is 1.65. The van der Waals surface area contributed by atoms with Crippen LogP contribution in [0.1, 0.15) is 23.7 Å². The van der Waals surface area contributed by atoms with Crippen LogP contribution in [-0.2, 0) is 18.2 Å². The molecular formula is C9H16N4O. The molecule has 1 aromatic rings. The van der Waals surface area contributed by atoms with E-state index in [0.717, 1.165) is 31.7 Å². The van der Waals surface area contributed by atoms with Gasteiger partial charge in [-0.05, 0) is 13.0 Å². The number of aryl methyl sites for hydroxylation is 1. The van der Waals surface area contributed by atoms with Gasteiger partial charge in [-0.3, -0.25) is 4.68 Å². The van der Waals surface area contributed by atoms with Crippen LogP contribution in [0.2, 0.25) is 0 Å². The lowest BCUT2D eigenvalue weighted by Crippen LogP contribution is -2.11. The molecule has 0 amide bonds. The minimum Gasteiger partial charge on any atom is -0.381 e. The first kappa shape index (κ1) is 9.61. The largest absolute Gasteiger partial charge is 0.381 e. The van der Waals surface area contributed by atoms with Crippen molar-refractivity contribution in [1.29, 1.82) is 0 Å². The molecule has 5 nitrogen and oxygen atoms in total. The van der Waals surface area contributed by atoms with Gasteiger partial charge in [-0.15, -0.1) is 5.10 Å². The molecule has 1 atom stereocenters. The van der Waals surface area contributed by atoms with E-state index < -0.39 is 0 Å². The van der Waals surface area contributed by atoms with Gasteiger partial charge in [0, 0.05) is 26.0 Å². The van der Waals surface area contributed by atoms with E-state index in [4.69, 9.17) is 10.5 Å². The predicted molar refractivity (Wildman–Crippen MR) is 51.9 cm³/mol. The lowest BCUT2D eigenvalue weighted by Gasteiger charge is -2.09. The first-order valence-corrected chi connectivity index (χ1v) is 4.99. The molecule has 2 heterocycles. The molecule has 0 saturated carbocycles. The quantitative estimate of drug-likeness (QED) is 0.728. The van der Waals surface area contributed by atoms with E-state index in [1.807, 2.05) is 11.7 Å². The summed E-state index contributed by atoms with van der Waals surface area (Å²) in [6, 6.07) is 0. The van der Waals surface area contributed by atoms with Crippen LogP contribution in [0.3, 0.4) is 0 Å². The SMILES string of the molecule is Cn1nnc(CCN)c1C1CCOC1. The fraction of sp³-hybridized carbons (Fsp3) is 0.778. The minimum absolute atomic E-state index is 0.455. The van der Waals surface area contributed by atoms with Crippen molar-refractivity contribution in [3.63, 3.8) is 0 Å². The van der Waals surface area contributed by atoms with Crippen LogP contribution in [0.15, 0.2) is 0 Å². The Morgan fingerprint density at radius 1 is 1.64 bits per heavy atom. The molecule has 1 unspecified atom stereocenters. The summed E-state index contributed by atoms with van der Waals surface area (Å²) in [5, 5.41) is 8.16. The first-order chi connectivity index (χ1) is 6.83. The fourth-order valence-electron chi connectivity index (χ4n) is 1.97. The third-order valence-corrected chi connectivity index (χ3v) is 2.64. The molecule has 1 aliphatic heterocycles. The monoisotopic (exact) mass is 196 g/mol. The zero-order valence-electron chi connectivity index (χ0n) is 8.44. The summed E-state index contributed by atoms with van der Waals surface area (Å²) in [5.74, 6) is 0.455. The maximum absolute atomic E-state index is 5.53. The van der Waals surface area contributed by atoms with Gasteiger partial charge in [0.1, 0.15) is 0 Å². The molecule has 78 valence electrons. The Balaban J connectivity index is 2.24. The highest BCUT2D eigenvalue weighted by Crippen LogP contribution is 2.26. The Kier molecular flexibility index (Phi) is 2.79. The van der Waals surface area contributed by atoms with Crippen LogP contribution in [0, 0.1) is 0 Å². The van der Waals surface area contributed by atoms with Crippen molar-refractivity contribution in [2.75, 3.05) is 19.8 Å². The van der Waals surface area contributed by atoms with Crippen molar-refractivity contribution in [3.8, 4) is 0 Å². The minimum atomic E-state index is 0.455.